The van der Waals surface area contributed by atoms with Crippen molar-refractivity contribution in [2.24, 2.45) is 0 Å². The van der Waals surface area contributed by atoms with Crippen molar-refractivity contribution in [1.82, 2.24) is 19.9 Å². The van der Waals surface area contributed by atoms with Crippen molar-refractivity contribution >= 4 is 27.8 Å². The second-order valence-electron chi connectivity index (χ2n) is 6.07. The summed E-state index contributed by atoms with van der Waals surface area (Å²) in [7, 11) is 0. The summed E-state index contributed by atoms with van der Waals surface area (Å²) in [6, 6.07) is 5.26. The third kappa shape index (κ3) is 2.53. The molecule has 1 atom stereocenters. The standard InChI is InChI=1S/C17H20FN5/c1-2-23-7-3-4-12(23)9-19-17-16-15(20-10-21-17)13-8-11(18)5-6-14(13)22-16/h5-6,8,10,12,22H,2-4,7,9H2,1H3,(H,19,20,21)/t12-/m0/s1. The summed E-state index contributed by atoms with van der Waals surface area (Å²) in [6.45, 7) is 5.32. The molecule has 0 unspecified atom stereocenters. The van der Waals surface area contributed by atoms with Gasteiger partial charge in [0.25, 0.3) is 0 Å². The lowest BCUT2D eigenvalue weighted by Gasteiger charge is -2.23. The Morgan fingerprint density at radius 2 is 2.30 bits per heavy atom. The minimum Gasteiger partial charge on any atom is -0.367 e. The molecule has 0 spiro atoms. The van der Waals surface area contributed by atoms with Crippen molar-refractivity contribution in [2.45, 2.75) is 25.8 Å². The summed E-state index contributed by atoms with van der Waals surface area (Å²) in [6.07, 6.45) is 4.01. The van der Waals surface area contributed by atoms with Gasteiger partial charge in [-0.3, -0.25) is 4.90 Å². The number of hydrogen-bond acceptors (Lipinski definition) is 4. The van der Waals surface area contributed by atoms with E-state index in [-0.39, 0.29) is 5.82 Å². The molecule has 0 bridgehead atoms. The van der Waals surface area contributed by atoms with Gasteiger partial charge >= 0.3 is 0 Å². The minimum atomic E-state index is -0.254. The number of halogens is 1. The predicted molar refractivity (Wildman–Crippen MR) is 90.1 cm³/mol. The first-order valence-electron chi connectivity index (χ1n) is 8.16. The second kappa shape index (κ2) is 5.77. The van der Waals surface area contributed by atoms with E-state index >= 15 is 0 Å². The molecule has 2 N–H and O–H groups in total. The van der Waals surface area contributed by atoms with Crippen molar-refractivity contribution in [3.63, 3.8) is 0 Å². The van der Waals surface area contributed by atoms with Gasteiger partial charge in [0.1, 0.15) is 23.2 Å². The number of fused-ring (bicyclic) bond motifs is 3. The molecule has 0 aliphatic carbocycles. The lowest BCUT2D eigenvalue weighted by Crippen LogP contribution is -2.34. The largest absolute Gasteiger partial charge is 0.367 e. The highest BCUT2D eigenvalue weighted by Crippen LogP contribution is 2.28. The monoisotopic (exact) mass is 313 g/mol. The lowest BCUT2D eigenvalue weighted by atomic mass is 10.2. The van der Waals surface area contributed by atoms with E-state index in [1.54, 1.807) is 6.07 Å². The third-order valence-electron chi connectivity index (χ3n) is 4.75. The van der Waals surface area contributed by atoms with Gasteiger partial charge in [-0.15, -0.1) is 0 Å². The maximum atomic E-state index is 13.5. The number of likely N-dealkylation sites (tertiary alicyclic amines) is 1. The highest BCUT2D eigenvalue weighted by molar-refractivity contribution is 6.07. The van der Waals surface area contributed by atoms with Crippen LogP contribution in [0.25, 0.3) is 21.9 Å². The van der Waals surface area contributed by atoms with Crippen LogP contribution >= 0.6 is 0 Å². The predicted octanol–water partition coefficient (Wildman–Crippen LogP) is 3.15. The molecule has 3 aromatic rings. The number of nitrogens with zero attached hydrogens (tertiary/aromatic N) is 3. The van der Waals surface area contributed by atoms with E-state index in [1.165, 1.54) is 37.8 Å². The molecule has 1 aliphatic heterocycles. The Labute approximate surface area is 133 Å². The van der Waals surface area contributed by atoms with E-state index in [1.807, 2.05) is 0 Å². The summed E-state index contributed by atoms with van der Waals surface area (Å²) in [5, 5.41) is 4.24. The highest BCUT2D eigenvalue weighted by atomic mass is 19.1. The number of aromatic amines is 1. The Morgan fingerprint density at radius 3 is 3.17 bits per heavy atom. The molecule has 4 rings (SSSR count). The Kier molecular flexibility index (Phi) is 3.61. The number of likely N-dealkylation sites (N-methyl/N-ethyl adjacent to an activating group) is 1. The fourth-order valence-corrected chi connectivity index (χ4v) is 3.56. The molecule has 2 aromatic heterocycles. The van der Waals surface area contributed by atoms with Crippen LogP contribution in [-0.2, 0) is 0 Å². The molecule has 0 saturated carbocycles. The van der Waals surface area contributed by atoms with Crippen LogP contribution in [0.3, 0.4) is 0 Å². The van der Waals surface area contributed by atoms with Crippen molar-refractivity contribution in [1.29, 1.82) is 0 Å². The lowest BCUT2D eigenvalue weighted by molar-refractivity contribution is 0.277. The smallest absolute Gasteiger partial charge is 0.153 e. The average Bonchev–Trinajstić information content (AvgIpc) is 3.16. The SMILES string of the molecule is CCN1CCC[C@H]1CNc1ncnc2c1[nH]c1ccc(F)cc12. The number of nitrogens with one attached hydrogen (secondary N) is 2. The van der Waals surface area contributed by atoms with Gasteiger partial charge in [0.15, 0.2) is 5.82 Å². The number of hydrogen-bond donors (Lipinski definition) is 2. The highest BCUT2D eigenvalue weighted by Gasteiger charge is 2.23. The van der Waals surface area contributed by atoms with Crippen molar-refractivity contribution in [3.05, 3.63) is 30.3 Å². The quantitative estimate of drug-likeness (QED) is 0.777. The first kappa shape index (κ1) is 14.4. The zero-order valence-corrected chi connectivity index (χ0v) is 13.1. The Bertz CT molecular complexity index is 843. The molecule has 6 heteroatoms. The molecule has 0 amide bonds. The Hall–Kier alpha value is -2.21. The van der Waals surface area contributed by atoms with Gasteiger partial charge in [-0.2, -0.15) is 0 Å². The minimum absolute atomic E-state index is 0.254. The Morgan fingerprint density at radius 1 is 1.39 bits per heavy atom. The van der Waals surface area contributed by atoms with Crippen molar-refractivity contribution < 1.29 is 4.39 Å². The van der Waals surface area contributed by atoms with Crippen LogP contribution in [0.5, 0.6) is 0 Å². The summed E-state index contributed by atoms with van der Waals surface area (Å²) in [4.78, 5) is 14.5. The third-order valence-corrected chi connectivity index (χ3v) is 4.75. The molecule has 1 aromatic carbocycles. The van der Waals surface area contributed by atoms with E-state index in [0.29, 0.717) is 6.04 Å². The van der Waals surface area contributed by atoms with Crippen LogP contribution in [0.1, 0.15) is 19.8 Å². The summed E-state index contributed by atoms with van der Waals surface area (Å²) in [5.74, 6) is 0.533. The molecule has 5 nitrogen and oxygen atoms in total. The van der Waals surface area contributed by atoms with Crippen molar-refractivity contribution in [2.75, 3.05) is 25.0 Å². The zero-order chi connectivity index (χ0) is 15.8. The summed E-state index contributed by atoms with van der Waals surface area (Å²) < 4.78 is 13.5. The fraction of sp³-hybridized carbons (Fsp3) is 0.412. The Balaban J connectivity index is 1.66. The van der Waals surface area contributed by atoms with Crippen LogP contribution in [0.4, 0.5) is 10.2 Å². The molecule has 3 heterocycles. The maximum Gasteiger partial charge on any atom is 0.153 e. The van der Waals surface area contributed by atoms with Crippen molar-refractivity contribution in [3.8, 4) is 0 Å². The molecular weight excluding hydrogens is 293 g/mol. The van der Waals surface area contributed by atoms with Crippen LogP contribution in [0.15, 0.2) is 24.5 Å². The zero-order valence-electron chi connectivity index (χ0n) is 13.1. The molecule has 1 aliphatic rings. The van der Waals surface area contributed by atoms with Crippen LogP contribution < -0.4 is 5.32 Å². The molecule has 1 fully saturated rings. The second-order valence-corrected chi connectivity index (χ2v) is 6.07. The van der Waals surface area contributed by atoms with Gasteiger partial charge in [0, 0.05) is 23.5 Å². The van der Waals surface area contributed by atoms with Gasteiger partial charge in [-0.1, -0.05) is 6.92 Å². The van der Waals surface area contributed by atoms with Crippen LogP contribution in [-0.4, -0.2) is 45.5 Å². The van der Waals surface area contributed by atoms with E-state index in [4.69, 9.17) is 0 Å². The van der Waals surface area contributed by atoms with Gasteiger partial charge in [-0.25, -0.2) is 14.4 Å². The maximum absolute atomic E-state index is 13.5. The molecule has 120 valence electrons. The molecular formula is C17H20FN5. The average molecular weight is 313 g/mol. The first-order chi connectivity index (χ1) is 11.3. The fourth-order valence-electron chi connectivity index (χ4n) is 3.56. The van der Waals surface area contributed by atoms with Gasteiger partial charge in [0.2, 0.25) is 0 Å². The number of H-pyrrole nitrogens is 1. The van der Waals surface area contributed by atoms with Crippen LogP contribution in [0.2, 0.25) is 0 Å². The molecule has 23 heavy (non-hydrogen) atoms. The normalized spacial score (nSPS) is 19.0. The molecule has 1 saturated heterocycles. The number of benzene rings is 1. The van der Waals surface area contributed by atoms with E-state index < -0.39 is 0 Å². The number of aromatic nitrogens is 3. The van der Waals surface area contributed by atoms with Crippen LogP contribution in [0, 0.1) is 5.82 Å². The summed E-state index contributed by atoms with van der Waals surface area (Å²) >= 11 is 0. The number of rotatable bonds is 4. The van der Waals surface area contributed by atoms with Gasteiger partial charge in [-0.05, 0) is 44.1 Å². The van der Waals surface area contributed by atoms with E-state index in [9.17, 15) is 4.39 Å². The number of anilines is 1. The van der Waals surface area contributed by atoms with Gasteiger partial charge < -0.3 is 10.3 Å². The van der Waals surface area contributed by atoms with Gasteiger partial charge in [0.05, 0.1) is 0 Å². The molecule has 0 radical (unpaired) electrons. The van der Waals surface area contributed by atoms with E-state index in [2.05, 4.69) is 32.1 Å². The van der Waals surface area contributed by atoms with E-state index in [0.717, 1.165) is 40.8 Å². The topological polar surface area (TPSA) is 56.8 Å². The summed E-state index contributed by atoms with van der Waals surface area (Å²) in [5.41, 5.74) is 2.48. The first-order valence-corrected chi connectivity index (χ1v) is 8.16.